The van der Waals surface area contributed by atoms with Crippen molar-refractivity contribution in [2.75, 3.05) is 0 Å². The highest BCUT2D eigenvalue weighted by molar-refractivity contribution is 6.31. The lowest BCUT2D eigenvalue weighted by atomic mass is 10.1. The van der Waals surface area contributed by atoms with E-state index in [9.17, 15) is 9.18 Å². The van der Waals surface area contributed by atoms with Gasteiger partial charge in [0.15, 0.2) is 5.78 Å². The van der Waals surface area contributed by atoms with Crippen molar-refractivity contribution in [2.45, 2.75) is 13.3 Å². The highest BCUT2D eigenvalue weighted by Gasteiger charge is 2.10. The molecule has 1 aromatic rings. The summed E-state index contributed by atoms with van der Waals surface area (Å²) < 4.78 is 13.0. The fourth-order valence-electron chi connectivity index (χ4n) is 1.01. The van der Waals surface area contributed by atoms with Gasteiger partial charge in [-0.3, -0.25) is 4.79 Å². The maximum atomic E-state index is 13.0. The van der Waals surface area contributed by atoms with Crippen LogP contribution < -0.4 is 0 Å². The lowest BCUT2D eigenvalue weighted by Gasteiger charge is -2.03. The normalized spacial score (nSPS) is 9.93. The van der Waals surface area contributed by atoms with Gasteiger partial charge >= 0.3 is 0 Å². The van der Waals surface area contributed by atoms with E-state index in [4.69, 9.17) is 11.6 Å². The maximum absolute atomic E-state index is 13.0. The molecular formula is C11H10ClFO. The van der Waals surface area contributed by atoms with E-state index >= 15 is 0 Å². The average molecular weight is 213 g/mol. The maximum Gasteiger partial charge on any atom is 0.162 e. The summed E-state index contributed by atoms with van der Waals surface area (Å²) in [5.74, 6) is -0.629. The molecule has 0 aliphatic heterocycles. The molecule has 0 aliphatic rings. The fraction of sp³-hybridized carbons (Fsp3) is 0.182. The van der Waals surface area contributed by atoms with Crippen molar-refractivity contribution in [3.8, 4) is 0 Å². The third-order valence-electron chi connectivity index (χ3n) is 1.86. The molecule has 0 amide bonds. The van der Waals surface area contributed by atoms with Crippen LogP contribution in [0.1, 0.15) is 12.5 Å². The zero-order chi connectivity index (χ0) is 10.7. The number of carbonyl (C=O) groups is 1. The van der Waals surface area contributed by atoms with E-state index in [1.54, 1.807) is 13.0 Å². The summed E-state index contributed by atoms with van der Waals surface area (Å²) in [6, 6.07) is 4.42. The summed E-state index contributed by atoms with van der Waals surface area (Å²) in [5.41, 5.74) is 0.949. The van der Waals surface area contributed by atoms with Crippen LogP contribution in [0.5, 0.6) is 0 Å². The minimum absolute atomic E-state index is 0.0158. The van der Waals surface area contributed by atoms with Gasteiger partial charge in [-0.2, -0.15) is 0 Å². The van der Waals surface area contributed by atoms with E-state index in [0.29, 0.717) is 11.1 Å². The van der Waals surface area contributed by atoms with Crippen molar-refractivity contribution < 1.29 is 9.18 Å². The minimum atomic E-state index is -0.501. The third kappa shape index (κ3) is 2.42. The van der Waals surface area contributed by atoms with Crippen LogP contribution >= 0.6 is 11.6 Å². The van der Waals surface area contributed by atoms with E-state index in [1.165, 1.54) is 12.1 Å². The fourth-order valence-corrected chi connectivity index (χ4v) is 1.20. The van der Waals surface area contributed by atoms with Crippen molar-refractivity contribution in [3.05, 3.63) is 46.8 Å². The van der Waals surface area contributed by atoms with E-state index in [2.05, 4.69) is 6.58 Å². The first-order chi connectivity index (χ1) is 6.52. The first-order valence-electron chi connectivity index (χ1n) is 4.14. The molecule has 1 nitrogen and oxygen atoms in total. The Labute approximate surface area is 87.2 Å². The summed E-state index contributed by atoms with van der Waals surface area (Å²) in [6.07, 6.45) is 0.103. The van der Waals surface area contributed by atoms with Crippen LogP contribution in [0.2, 0.25) is 5.02 Å². The van der Waals surface area contributed by atoms with Gasteiger partial charge in [-0.15, -0.1) is 0 Å². The minimum Gasteiger partial charge on any atom is -0.294 e. The Morgan fingerprint density at radius 1 is 1.57 bits per heavy atom. The van der Waals surface area contributed by atoms with Crippen LogP contribution in [0.4, 0.5) is 4.39 Å². The van der Waals surface area contributed by atoms with Gasteiger partial charge in [-0.05, 0) is 24.1 Å². The number of allylic oxidation sites excluding steroid dienone is 1. The Kier molecular flexibility index (Phi) is 3.42. The van der Waals surface area contributed by atoms with E-state index in [0.717, 1.165) is 0 Å². The summed E-state index contributed by atoms with van der Waals surface area (Å²) in [4.78, 5) is 11.3. The molecule has 0 radical (unpaired) electrons. The molecule has 0 saturated heterocycles. The van der Waals surface area contributed by atoms with Crippen LogP contribution in [-0.2, 0) is 11.2 Å². The summed E-state index contributed by atoms with van der Waals surface area (Å²) in [7, 11) is 0. The number of hydrogen-bond donors (Lipinski definition) is 0. The molecule has 1 rings (SSSR count). The highest BCUT2D eigenvalue weighted by Crippen LogP contribution is 2.20. The topological polar surface area (TPSA) is 17.1 Å². The lowest BCUT2D eigenvalue weighted by molar-refractivity contribution is -0.114. The molecule has 0 spiro atoms. The van der Waals surface area contributed by atoms with Gasteiger partial charge in [0, 0.05) is 6.42 Å². The molecule has 74 valence electrons. The standard InChI is InChI=1S/C11H10ClFO/c1-7(2)10(14)6-8-4-3-5-9(13)11(8)12/h3-5H,1,6H2,2H3. The van der Waals surface area contributed by atoms with E-state index in [1.807, 2.05) is 0 Å². The second-order valence-electron chi connectivity index (χ2n) is 3.09. The molecule has 0 atom stereocenters. The second-order valence-corrected chi connectivity index (χ2v) is 3.47. The second kappa shape index (κ2) is 4.38. The smallest absolute Gasteiger partial charge is 0.162 e. The van der Waals surface area contributed by atoms with Crippen LogP contribution in [0.3, 0.4) is 0 Å². The van der Waals surface area contributed by atoms with Crippen molar-refractivity contribution in [1.29, 1.82) is 0 Å². The summed E-state index contributed by atoms with van der Waals surface area (Å²) in [6.45, 7) is 5.14. The Morgan fingerprint density at radius 2 is 2.21 bits per heavy atom. The Bertz CT molecular complexity index is 385. The third-order valence-corrected chi connectivity index (χ3v) is 2.28. The number of halogens is 2. The highest BCUT2D eigenvalue weighted by atomic mass is 35.5. The van der Waals surface area contributed by atoms with Crippen molar-refractivity contribution >= 4 is 17.4 Å². The molecule has 0 bridgehead atoms. The van der Waals surface area contributed by atoms with Crippen LogP contribution in [0.15, 0.2) is 30.4 Å². The van der Waals surface area contributed by atoms with Gasteiger partial charge in [0.1, 0.15) is 5.82 Å². The van der Waals surface area contributed by atoms with Crippen LogP contribution in [0, 0.1) is 5.82 Å². The molecule has 0 heterocycles. The Balaban J connectivity index is 2.93. The quantitative estimate of drug-likeness (QED) is 0.704. The monoisotopic (exact) mass is 212 g/mol. The largest absolute Gasteiger partial charge is 0.294 e. The van der Waals surface area contributed by atoms with Crippen LogP contribution in [0.25, 0.3) is 0 Å². The molecular weight excluding hydrogens is 203 g/mol. The summed E-state index contributed by atoms with van der Waals surface area (Å²) in [5, 5.41) is 0.0158. The molecule has 0 fully saturated rings. The molecule has 1 aromatic carbocycles. The van der Waals surface area contributed by atoms with Gasteiger partial charge in [-0.1, -0.05) is 30.3 Å². The lowest BCUT2D eigenvalue weighted by Crippen LogP contribution is -2.04. The predicted octanol–water partition coefficient (Wildman–Crippen LogP) is 3.17. The number of benzene rings is 1. The van der Waals surface area contributed by atoms with Gasteiger partial charge in [-0.25, -0.2) is 4.39 Å². The number of rotatable bonds is 3. The van der Waals surface area contributed by atoms with Crippen molar-refractivity contribution in [2.24, 2.45) is 0 Å². The summed E-state index contributed by atoms with van der Waals surface area (Å²) >= 11 is 5.69. The number of ketones is 1. The first-order valence-corrected chi connectivity index (χ1v) is 4.51. The predicted molar refractivity (Wildman–Crippen MR) is 54.9 cm³/mol. The number of Topliss-reactive ketones (excluding diaryl/α,β-unsaturated/α-hetero) is 1. The SMILES string of the molecule is C=C(C)C(=O)Cc1cccc(F)c1Cl. The number of hydrogen-bond acceptors (Lipinski definition) is 1. The average Bonchev–Trinajstić information content (AvgIpc) is 2.12. The van der Waals surface area contributed by atoms with Crippen molar-refractivity contribution in [1.82, 2.24) is 0 Å². The van der Waals surface area contributed by atoms with Crippen LogP contribution in [-0.4, -0.2) is 5.78 Å². The van der Waals surface area contributed by atoms with Gasteiger partial charge in [0.2, 0.25) is 0 Å². The molecule has 0 saturated carbocycles. The molecule has 0 aromatic heterocycles. The van der Waals surface area contributed by atoms with Gasteiger partial charge in [0.25, 0.3) is 0 Å². The zero-order valence-corrected chi connectivity index (χ0v) is 8.57. The van der Waals surface area contributed by atoms with E-state index in [-0.39, 0.29) is 17.2 Å². The first kappa shape index (κ1) is 10.9. The number of carbonyl (C=O) groups excluding carboxylic acids is 1. The van der Waals surface area contributed by atoms with Crippen molar-refractivity contribution in [3.63, 3.8) is 0 Å². The Morgan fingerprint density at radius 3 is 2.79 bits per heavy atom. The molecule has 0 N–H and O–H groups in total. The van der Waals surface area contributed by atoms with E-state index < -0.39 is 5.82 Å². The molecule has 3 heteroatoms. The molecule has 14 heavy (non-hydrogen) atoms. The van der Waals surface area contributed by atoms with Gasteiger partial charge in [0.05, 0.1) is 5.02 Å². The molecule has 0 unspecified atom stereocenters. The van der Waals surface area contributed by atoms with Gasteiger partial charge < -0.3 is 0 Å². The Hall–Kier alpha value is -1.15. The zero-order valence-electron chi connectivity index (χ0n) is 7.81. The molecule has 0 aliphatic carbocycles.